The van der Waals surface area contributed by atoms with Crippen LogP contribution in [0.3, 0.4) is 0 Å². The Morgan fingerprint density at radius 2 is 2.11 bits per heavy atom. The number of benzene rings is 1. The van der Waals surface area contributed by atoms with Crippen LogP contribution in [0, 0.1) is 11.8 Å². The van der Waals surface area contributed by atoms with E-state index >= 15 is 0 Å². The molecule has 1 fully saturated rings. The first-order valence-electron chi connectivity index (χ1n) is 6.38. The van der Waals surface area contributed by atoms with E-state index in [-0.39, 0.29) is 17.9 Å². The van der Waals surface area contributed by atoms with Crippen LogP contribution in [-0.2, 0) is 16.0 Å². The SMILES string of the molecule is O=C(N[C@@H]1CCc2c(Cl)cccc21)[C@H]1C[C@H]1C(=O)O. The van der Waals surface area contributed by atoms with Crippen molar-refractivity contribution in [2.45, 2.75) is 25.3 Å². The van der Waals surface area contributed by atoms with E-state index in [9.17, 15) is 9.59 Å². The van der Waals surface area contributed by atoms with Crippen LogP contribution in [0.1, 0.15) is 30.0 Å². The maximum absolute atomic E-state index is 12.0. The van der Waals surface area contributed by atoms with Crippen molar-refractivity contribution < 1.29 is 14.7 Å². The molecule has 0 unspecified atom stereocenters. The summed E-state index contributed by atoms with van der Waals surface area (Å²) in [7, 11) is 0. The zero-order chi connectivity index (χ0) is 13.6. The van der Waals surface area contributed by atoms with Gasteiger partial charge in [-0.15, -0.1) is 0 Å². The average molecular weight is 280 g/mol. The molecule has 2 aliphatic rings. The smallest absolute Gasteiger partial charge is 0.307 e. The molecular weight excluding hydrogens is 266 g/mol. The predicted octanol–water partition coefficient (Wildman–Crippen LogP) is 2.16. The maximum Gasteiger partial charge on any atom is 0.307 e. The van der Waals surface area contributed by atoms with Crippen molar-refractivity contribution >= 4 is 23.5 Å². The van der Waals surface area contributed by atoms with Gasteiger partial charge in [-0.1, -0.05) is 23.7 Å². The highest BCUT2D eigenvalue weighted by Gasteiger charge is 2.48. The van der Waals surface area contributed by atoms with Gasteiger partial charge in [-0.3, -0.25) is 9.59 Å². The van der Waals surface area contributed by atoms with Gasteiger partial charge in [0.2, 0.25) is 5.91 Å². The molecule has 3 atom stereocenters. The van der Waals surface area contributed by atoms with Crippen LogP contribution in [-0.4, -0.2) is 17.0 Å². The fourth-order valence-electron chi connectivity index (χ4n) is 2.80. The molecule has 19 heavy (non-hydrogen) atoms. The highest BCUT2D eigenvalue weighted by molar-refractivity contribution is 6.31. The number of aliphatic carboxylic acids is 1. The van der Waals surface area contributed by atoms with Crippen LogP contribution in [0.25, 0.3) is 0 Å². The highest BCUT2D eigenvalue weighted by Crippen LogP contribution is 2.41. The number of carboxylic acids is 1. The molecule has 100 valence electrons. The number of rotatable bonds is 3. The summed E-state index contributed by atoms with van der Waals surface area (Å²) in [6.45, 7) is 0. The van der Waals surface area contributed by atoms with Crippen LogP contribution in [0.5, 0.6) is 0 Å². The first-order valence-corrected chi connectivity index (χ1v) is 6.76. The fourth-order valence-corrected chi connectivity index (χ4v) is 3.07. The first kappa shape index (κ1) is 12.5. The topological polar surface area (TPSA) is 66.4 Å². The second kappa shape index (κ2) is 4.53. The zero-order valence-electron chi connectivity index (χ0n) is 10.2. The fraction of sp³-hybridized carbons (Fsp3) is 0.429. The van der Waals surface area contributed by atoms with E-state index in [0.29, 0.717) is 6.42 Å². The molecule has 1 aromatic rings. The normalized spacial score (nSPS) is 27.7. The molecule has 0 heterocycles. The number of hydrogen-bond donors (Lipinski definition) is 2. The van der Waals surface area contributed by atoms with Crippen molar-refractivity contribution in [2.24, 2.45) is 11.8 Å². The lowest BCUT2D eigenvalue weighted by Crippen LogP contribution is -2.29. The summed E-state index contributed by atoms with van der Waals surface area (Å²) in [5.74, 6) is -1.89. The Bertz CT molecular complexity index is 558. The van der Waals surface area contributed by atoms with Crippen LogP contribution in [0.15, 0.2) is 18.2 Å². The lowest BCUT2D eigenvalue weighted by Gasteiger charge is -2.14. The Labute approximate surface area is 115 Å². The molecule has 3 rings (SSSR count). The van der Waals surface area contributed by atoms with E-state index in [2.05, 4.69) is 5.32 Å². The zero-order valence-corrected chi connectivity index (χ0v) is 11.0. The molecule has 2 N–H and O–H groups in total. The van der Waals surface area contributed by atoms with Crippen molar-refractivity contribution in [1.82, 2.24) is 5.32 Å². The molecule has 4 nitrogen and oxygen atoms in total. The van der Waals surface area contributed by atoms with Gasteiger partial charge in [-0.05, 0) is 36.5 Å². The van der Waals surface area contributed by atoms with Gasteiger partial charge in [-0.25, -0.2) is 0 Å². The molecule has 1 aromatic carbocycles. The lowest BCUT2D eigenvalue weighted by atomic mass is 10.1. The summed E-state index contributed by atoms with van der Waals surface area (Å²) in [5, 5.41) is 12.5. The van der Waals surface area contributed by atoms with Crippen molar-refractivity contribution in [1.29, 1.82) is 0 Å². The van der Waals surface area contributed by atoms with Crippen molar-refractivity contribution in [3.8, 4) is 0 Å². The van der Waals surface area contributed by atoms with E-state index in [0.717, 1.165) is 29.0 Å². The minimum Gasteiger partial charge on any atom is -0.481 e. The van der Waals surface area contributed by atoms with Crippen molar-refractivity contribution in [3.63, 3.8) is 0 Å². The number of halogens is 1. The van der Waals surface area contributed by atoms with Gasteiger partial charge in [0.15, 0.2) is 0 Å². The Balaban J connectivity index is 1.69. The predicted molar refractivity (Wildman–Crippen MR) is 69.9 cm³/mol. The summed E-state index contributed by atoms with van der Waals surface area (Å²) in [5.41, 5.74) is 2.16. The number of carboxylic acid groups (broad SMARTS) is 1. The highest BCUT2D eigenvalue weighted by atomic mass is 35.5. The number of amides is 1. The van der Waals surface area contributed by atoms with E-state index in [1.165, 1.54) is 0 Å². The summed E-state index contributed by atoms with van der Waals surface area (Å²) >= 11 is 6.12. The quantitative estimate of drug-likeness (QED) is 0.891. The Hall–Kier alpha value is -1.55. The van der Waals surface area contributed by atoms with Gasteiger partial charge in [0.05, 0.1) is 17.9 Å². The van der Waals surface area contributed by atoms with Crippen LogP contribution >= 0.6 is 11.6 Å². The molecule has 0 aliphatic heterocycles. The average Bonchev–Trinajstić information content (AvgIpc) is 3.08. The molecule has 5 heteroatoms. The number of nitrogens with one attached hydrogen (secondary N) is 1. The van der Waals surface area contributed by atoms with Gasteiger partial charge in [-0.2, -0.15) is 0 Å². The molecule has 2 aliphatic carbocycles. The third kappa shape index (κ3) is 2.21. The molecule has 0 saturated heterocycles. The van der Waals surface area contributed by atoms with Crippen molar-refractivity contribution in [2.75, 3.05) is 0 Å². The van der Waals surface area contributed by atoms with Crippen molar-refractivity contribution in [3.05, 3.63) is 34.3 Å². The monoisotopic (exact) mass is 279 g/mol. The van der Waals surface area contributed by atoms with Gasteiger partial charge in [0.25, 0.3) is 0 Å². The summed E-state index contributed by atoms with van der Waals surface area (Å²) < 4.78 is 0. The van der Waals surface area contributed by atoms with E-state index < -0.39 is 11.9 Å². The van der Waals surface area contributed by atoms with Crippen LogP contribution in [0.4, 0.5) is 0 Å². The maximum atomic E-state index is 12.0. The summed E-state index contributed by atoms with van der Waals surface area (Å²) in [6, 6.07) is 5.67. The molecule has 0 radical (unpaired) electrons. The summed E-state index contributed by atoms with van der Waals surface area (Å²) in [4.78, 5) is 22.7. The minimum atomic E-state index is -0.880. The molecule has 1 saturated carbocycles. The van der Waals surface area contributed by atoms with Crippen LogP contribution in [0.2, 0.25) is 5.02 Å². The van der Waals surface area contributed by atoms with E-state index in [1.54, 1.807) is 0 Å². The number of carbonyl (C=O) groups excluding carboxylic acids is 1. The van der Waals surface area contributed by atoms with Gasteiger partial charge < -0.3 is 10.4 Å². The van der Waals surface area contributed by atoms with E-state index in [4.69, 9.17) is 16.7 Å². The second-order valence-corrected chi connectivity index (χ2v) is 5.60. The number of fused-ring (bicyclic) bond motifs is 1. The van der Waals surface area contributed by atoms with Gasteiger partial charge >= 0.3 is 5.97 Å². The molecular formula is C14H14ClNO3. The largest absolute Gasteiger partial charge is 0.481 e. The van der Waals surface area contributed by atoms with Gasteiger partial charge in [0, 0.05) is 5.02 Å². The lowest BCUT2D eigenvalue weighted by molar-refractivity contribution is -0.140. The molecule has 1 amide bonds. The third-order valence-corrected chi connectivity index (χ3v) is 4.33. The molecule has 0 spiro atoms. The van der Waals surface area contributed by atoms with Gasteiger partial charge in [0.1, 0.15) is 0 Å². The Morgan fingerprint density at radius 1 is 1.32 bits per heavy atom. The molecule has 0 aromatic heterocycles. The Morgan fingerprint density at radius 3 is 2.79 bits per heavy atom. The Kier molecular flexibility index (Phi) is 2.97. The number of carbonyl (C=O) groups is 2. The summed E-state index contributed by atoms with van der Waals surface area (Å²) in [6.07, 6.45) is 2.14. The van der Waals surface area contributed by atoms with E-state index in [1.807, 2.05) is 18.2 Å². The third-order valence-electron chi connectivity index (χ3n) is 3.97. The standard InChI is InChI=1S/C14H14ClNO3/c15-11-3-1-2-8-7(11)4-5-12(8)16-13(17)9-6-10(9)14(18)19/h1-3,9-10,12H,4-6H2,(H,16,17)(H,18,19)/t9-,10+,12+/m0/s1. The van der Waals surface area contributed by atoms with Crippen LogP contribution < -0.4 is 5.32 Å². The minimum absolute atomic E-state index is 0.0313. The second-order valence-electron chi connectivity index (χ2n) is 5.19. The first-order chi connectivity index (χ1) is 9.08. The number of hydrogen-bond acceptors (Lipinski definition) is 2. The molecule has 0 bridgehead atoms.